The maximum absolute atomic E-state index is 12.1. The molecule has 22 heavy (non-hydrogen) atoms. The van der Waals surface area contributed by atoms with Crippen LogP contribution in [-0.4, -0.2) is 29.0 Å². The maximum Gasteiger partial charge on any atom is 0.264 e. The normalized spacial score (nSPS) is 16.4. The molecule has 0 aromatic heterocycles. The zero-order valence-corrected chi connectivity index (χ0v) is 13.9. The molecular formula is C14H17NO5S2. The van der Waals surface area contributed by atoms with Crippen molar-refractivity contribution >= 4 is 25.8 Å². The average molecular weight is 343 g/mol. The Kier molecular flexibility index (Phi) is 4.44. The number of carbonyl (C=O) groups excluding carboxylic acids is 1. The van der Waals surface area contributed by atoms with Crippen LogP contribution in [0.3, 0.4) is 0 Å². The van der Waals surface area contributed by atoms with Crippen molar-refractivity contribution < 1.29 is 21.6 Å². The summed E-state index contributed by atoms with van der Waals surface area (Å²) in [5, 5.41) is 0. The maximum atomic E-state index is 12.1. The molecule has 1 amide bonds. The Hall–Kier alpha value is -1.67. The number of carbonyl (C=O) groups is 1. The van der Waals surface area contributed by atoms with Crippen LogP contribution in [0.1, 0.15) is 19.8 Å². The van der Waals surface area contributed by atoms with Crippen LogP contribution < -0.4 is 4.72 Å². The molecule has 2 rings (SSSR count). The van der Waals surface area contributed by atoms with E-state index >= 15 is 0 Å². The van der Waals surface area contributed by atoms with Crippen molar-refractivity contribution in [2.45, 2.75) is 29.6 Å². The second-order valence-electron chi connectivity index (χ2n) is 5.38. The summed E-state index contributed by atoms with van der Waals surface area (Å²) in [6.07, 6.45) is 4.28. The van der Waals surface area contributed by atoms with Gasteiger partial charge in [-0.25, -0.2) is 21.6 Å². The first-order valence-electron chi connectivity index (χ1n) is 6.65. The summed E-state index contributed by atoms with van der Waals surface area (Å²) >= 11 is 0. The largest absolute Gasteiger partial charge is 0.269 e. The molecule has 1 aliphatic rings. The van der Waals surface area contributed by atoms with Gasteiger partial charge in [0.1, 0.15) is 0 Å². The lowest BCUT2D eigenvalue weighted by atomic mass is 10.2. The third kappa shape index (κ3) is 4.17. The van der Waals surface area contributed by atoms with Crippen LogP contribution in [-0.2, 0) is 24.7 Å². The molecule has 1 saturated carbocycles. The predicted octanol–water partition coefficient (Wildman–Crippen LogP) is 1.25. The summed E-state index contributed by atoms with van der Waals surface area (Å²) in [5.74, 6) is -0.365. The van der Waals surface area contributed by atoms with Crippen LogP contribution >= 0.6 is 0 Å². The summed E-state index contributed by atoms with van der Waals surface area (Å²) in [7, 11) is -7.63. The van der Waals surface area contributed by atoms with Gasteiger partial charge in [-0.3, -0.25) is 4.79 Å². The van der Waals surface area contributed by atoms with Crippen LogP contribution in [0, 0.1) is 5.92 Å². The third-order valence-electron chi connectivity index (χ3n) is 3.36. The summed E-state index contributed by atoms with van der Waals surface area (Å²) in [4.78, 5) is 11.4. The fourth-order valence-corrected chi connectivity index (χ4v) is 3.68. The molecule has 1 aliphatic carbocycles. The fourth-order valence-electron chi connectivity index (χ4n) is 1.96. The zero-order chi connectivity index (χ0) is 16.5. The van der Waals surface area contributed by atoms with Gasteiger partial charge in [-0.15, -0.1) is 0 Å². The zero-order valence-electron chi connectivity index (χ0n) is 12.2. The highest BCUT2D eigenvalue weighted by molar-refractivity contribution is 7.91. The van der Waals surface area contributed by atoms with Gasteiger partial charge in [0.05, 0.1) is 9.79 Å². The van der Waals surface area contributed by atoms with E-state index in [0.29, 0.717) is 5.92 Å². The summed E-state index contributed by atoms with van der Waals surface area (Å²) in [5.41, 5.74) is 0.845. The molecule has 1 aromatic carbocycles. The van der Waals surface area contributed by atoms with Crippen molar-refractivity contribution in [3.63, 3.8) is 0 Å². The van der Waals surface area contributed by atoms with E-state index in [-0.39, 0.29) is 9.79 Å². The number of nitrogens with one attached hydrogen (secondary N) is 1. The Morgan fingerprint density at radius 2 is 1.77 bits per heavy atom. The van der Waals surface area contributed by atoms with E-state index in [1.165, 1.54) is 24.3 Å². The van der Waals surface area contributed by atoms with Gasteiger partial charge in [-0.1, -0.05) is 11.6 Å². The third-order valence-corrected chi connectivity index (χ3v) is 5.81. The molecule has 8 heteroatoms. The number of hydrogen-bond donors (Lipinski definition) is 1. The number of hydrogen-bond acceptors (Lipinski definition) is 5. The highest BCUT2D eigenvalue weighted by atomic mass is 32.2. The van der Waals surface area contributed by atoms with Gasteiger partial charge < -0.3 is 0 Å². The minimum absolute atomic E-state index is 0.118. The number of benzene rings is 1. The molecule has 0 aliphatic heterocycles. The van der Waals surface area contributed by atoms with Gasteiger partial charge >= 0.3 is 0 Å². The van der Waals surface area contributed by atoms with Crippen molar-refractivity contribution in [2.75, 3.05) is 6.26 Å². The lowest BCUT2D eigenvalue weighted by Gasteiger charge is -2.07. The van der Waals surface area contributed by atoms with Crippen LogP contribution in [0.15, 0.2) is 45.7 Å². The predicted molar refractivity (Wildman–Crippen MR) is 81.4 cm³/mol. The van der Waals surface area contributed by atoms with Gasteiger partial charge in [0.2, 0.25) is 0 Å². The number of rotatable bonds is 5. The average Bonchev–Trinajstić information content (AvgIpc) is 3.21. The second-order valence-corrected chi connectivity index (χ2v) is 9.08. The molecule has 120 valence electrons. The first kappa shape index (κ1) is 16.7. The lowest BCUT2D eigenvalue weighted by molar-refractivity contribution is -0.114. The summed E-state index contributed by atoms with van der Waals surface area (Å²) in [6.45, 7) is 1.79. The number of sulfone groups is 1. The van der Waals surface area contributed by atoms with Crippen molar-refractivity contribution in [2.24, 2.45) is 5.92 Å². The van der Waals surface area contributed by atoms with E-state index in [4.69, 9.17) is 0 Å². The van der Waals surface area contributed by atoms with Gasteiger partial charge in [0.25, 0.3) is 15.9 Å². The summed E-state index contributed by atoms with van der Waals surface area (Å²) in [6, 6.07) is 4.89. The number of allylic oxidation sites excluding steroid dienone is 1. The van der Waals surface area contributed by atoms with Gasteiger partial charge in [-0.05, 0) is 43.9 Å². The summed E-state index contributed by atoms with van der Waals surface area (Å²) < 4.78 is 49.1. The molecule has 0 heterocycles. The number of amides is 1. The quantitative estimate of drug-likeness (QED) is 0.812. The van der Waals surface area contributed by atoms with Gasteiger partial charge in [-0.2, -0.15) is 0 Å². The standard InChI is InChI=1S/C14H17NO5S2/c1-10(11-6-7-11)8-14(16)15-22(19,20)13-5-3-4-12(9-13)21(2,17)18/h3-5,8-9,11H,6-7H2,1-2H3,(H,15,16)/b10-8-. The van der Waals surface area contributed by atoms with Crippen LogP contribution in [0.4, 0.5) is 0 Å². The lowest BCUT2D eigenvalue weighted by Crippen LogP contribution is -2.29. The molecular weight excluding hydrogens is 326 g/mol. The molecule has 1 N–H and O–H groups in total. The Bertz CT molecular complexity index is 834. The van der Waals surface area contributed by atoms with Gasteiger partial charge in [0.15, 0.2) is 9.84 Å². The molecule has 1 fully saturated rings. The minimum atomic E-state index is -4.10. The molecule has 1 aromatic rings. The van der Waals surface area contributed by atoms with E-state index < -0.39 is 25.8 Å². The SMILES string of the molecule is C/C(=C/C(=O)NS(=O)(=O)c1cccc(S(C)(=O)=O)c1)C1CC1. The van der Waals surface area contributed by atoms with Crippen molar-refractivity contribution in [1.29, 1.82) is 0 Å². The van der Waals surface area contributed by atoms with E-state index in [1.807, 2.05) is 4.72 Å². The minimum Gasteiger partial charge on any atom is -0.269 e. The number of sulfonamides is 1. The van der Waals surface area contributed by atoms with E-state index in [1.54, 1.807) is 6.92 Å². The molecule has 0 radical (unpaired) electrons. The van der Waals surface area contributed by atoms with Crippen LogP contribution in [0.5, 0.6) is 0 Å². The Labute approximate surface area is 130 Å². The fraction of sp³-hybridized carbons (Fsp3) is 0.357. The second kappa shape index (κ2) is 5.85. The molecule has 0 spiro atoms. The first-order chi connectivity index (χ1) is 10.1. The van der Waals surface area contributed by atoms with E-state index in [9.17, 15) is 21.6 Å². The Morgan fingerprint density at radius 3 is 2.32 bits per heavy atom. The highest BCUT2D eigenvalue weighted by Crippen LogP contribution is 2.35. The molecule has 0 bridgehead atoms. The monoisotopic (exact) mass is 343 g/mol. The molecule has 6 nitrogen and oxygen atoms in total. The Balaban J connectivity index is 2.23. The van der Waals surface area contributed by atoms with Gasteiger partial charge in [0, 0.05) is 12.3 Å². The smallest absolute Gasteiger partial charge is 0.264 e. The topological polar surface area (TPSA) is 97.4 Å². The Morgan fingerprint density at radius 1 is 1.18 bits per heavy atom. The van der Waals surface area contributed by atoms with Crippen molar-refractivity contribution in [3.05, 3.63) is 35.9 Å². The van der Waals surface area contributed by atoms with E-state index in [2.05, 4.69) is 0 Å². The van der Waals surface area contributed by atoms with Crippen molar-refractivity contribution in [3.8, 4) is 0 Å². The highest BCUT2D eigenvalue weighted by Gasteiger charge is 2.24. The van der Waals surface area contributed by atoms with E-state index in [0.717, 1.165) is 30.7 Å². The van der Waals surface area contributed by atoms with Crippen LogP contribution in [0.2, 0.25) is 0 Å². The molecule has 0 unspecified atom stereocenters. The molecule has 0 atom stereocenters. The van der Waals surface area contributed by atoms with Crippen molar-refractivity contribution in [1.82, 2.24) is 4.72 Å². The van der Waals surface area contributed by atoms with Crippen LogP contribution in [0.25, 0.3) is 0 Å². The molecule has 0 saturated heterocycles. The first-order valence-corrected chi connectivity index (χ1v) is 10.0.